The van der Waals surface area contributed by atoms with E-state index in [0.717, 1.165) is 25.7 Å². The van der Waals surface area contributed by atoms with Gasteiger partial charge >= 0.3 is 5.69 Å². The predicted molar refractivity (Wildman–Crippen MR) is 58.8 cm³/mol. The zero-order valence-corrected chi connectivity index (χ0v) is 9.31. The second-order valence-corrected chi connectivity index (χ2v) is 4.13. The van der Waals surface area contributed by atoms with Crippen molar-refractivity contribution in [3.8, 4) is 5.88 Å². The minimum absolute atomic E-state index is 0.0319. The molecule has 0 spiro atoms. The first-order chi connectivity index (χ1) is 7.66. The highest BCUT2D eigenvalue weighted by Gasteiger charge is 2.23. The number of hydrogen-bond donors (Lipinski definition) is 0. The summed E-state index contributed by atoms with van der Waals surface area (Å²) in [7, 11) is 0. The van der Waals surface area contributed by atoms with Crippen molar-refractivity contribution in [2.75, 3.05) is 0 Å². The molecule has 0 bridgehead atoms. The Bertz CT molecular complexity index is 405. The Hall–Kier alpha value is -1.36. The Labute approximate surface area is 97.5 Å². The SMILES string of the molecule is O=[N+]([O-])c1ccc(Cl)nc1OC1CCCC1. The van der Waals surface area contributed by atoms with Crippen LogP contribution in [-0.2, 0) is 0 Å². The molecule has 0 unspecified atom stereocenters. The van der Waals surface area contributed by atoms with Crippen molar-refractivity contribution in [2.24, 2.45) is 0 Å². The van der Waals surface area contributed by atoms with E-state index in [1.54, 1.807) is 0 Å². The maximum absolute atomic E-state index is 10.7. The monoisotopic (exact) mass is 242 g/mol. The lowest BCUT2D eigenvalue weighted by Crippen LogP contribution is -2.13. The smallest absolute Gasteiger partial charge is 0.331 e. The van der Waals surface area contributed by atoms with Crippen LogP contribution in [0.1, 0.15) is 25.7 Å². The molecule has 1 aliphatic carbocycles. The van der Waals surface area contributed by atoms with Crippen LogP contribution in [0.15, 0.2) is 12.1 Å². The van der Waals surface area contributed by atoms with Crippen molar-refractivity contribution in [3.05, 3.63) is 27.4 Å². The first kappa shape index (κ1) is 11.1. The van der Waals surface area contributed by atoms with Crippen molar-refractivity contribution in [3.63, 3.8) is 0 Å². The van der Waals surface area contributed by atoms with Crippen LogP contribution in [0.4, 0.5) is 5.69 Å². The molecule has 1 fully saturated rings. The summed E-state index contributed by atoms with van der Waals surface area (Å²) in [6.45, 7) is 0. The largest absolute Gasteiger partial charge is 0.469 e. The highest BCUT2D eigenvalue weighted by Crippen LogP contribution is 2.30. The van der Waals surface area contributed by atoms with Crippen LogP contribution in [0.3, 0.4) is 0 Å². The van der Waals surface area contributed by atoms with Crippen molar-refractivity contribution in [1.29, 1.82) is 0 Å². The van der Waals surface area contributed by atoms with Gasteiger partial charge in [-0.3, -0.25) is 10.1 Å². The molecule has 0 atom stereocenters. The average molecular weight is 243 g/mol. The molecule has 2 rings (SSSR count). The first-order valence-electron chi connectivity index (χ1n) is 5.14. The highest BCUT2D eigenvalue weighted by molar-refractivity contribution is 6.29. The quantitative estimate of drug-likeness (QED) is 0.464. The van der Waals surface area contributed by atoms with E-state index in [1.165, 1.54) is 12.1 Å². The van der Waals surface area contributed by atoms with Crippen LogP contribution < -0.4 is 4.74 Å². The minimum Gasteiger partial charge on any atom is -0.469 e. The minimum atomic E-state index is -0.506. The molecule has 1 saturated carbocycles. The molecule has 0 saturated heterocycles. The number of halogens is 1. The second-order valence-electron chi connectivity index (χ2n) is 3.74. The molecule has 0 N–H and O–H groups in total. The zero-order chi connectivity index (χ0) is 11.5. The molecular weight excluding hydrogens is 232 g/mol. The van der Waals surface area contributed by atoms with E-state index >= 15 is 0 Å². The molecule has 5 nitrogen and oxygen atoms in total. The fourth-order valence-corrected chi connectivity index (χ4v) is 1.94. The molecule has 0 aliphatic heterocycles. The summed E-state index contributed by atoms with van der Waals surface area (Å²) < 4.78 is 5.51. The molecule has 1 aliphatic rings. The Morgan fingerprint density at radius 1 is 1.44 bits per heavy atom. The van der Waals surface area contributed by atoms with Gasteiger partial charge in [0.05, 0.1) is 4.92 Å². The number of pyridine rings is 1. The third-order valence-corrected chi connectivity index (χ3v) is 2.79. The molecule has 0 aromatic carbocycles. The molecule has 16 heavy (non-hydrogen) atoms. The number of nitro groups is 1. The molecular formula is C10H11ClN2O3. The van der Waals surface area contributed by atoms with E-state index in [9.17, 15) is 10.1 Å². The summed E-state index contributed by atoms with van der Waals surface area (Å²) in [6, 6.07) is 2.71. The van der Waals surface area contributed by atoms with Gasteiger partial charge in [0, 0.05) is 6.07 Å². The Kier molecular flexibility index (Phi) is 3.24. The fourth-order valence-electron chi connectivity index (χ4n) is 1.80. The summed E-state index contributed by atoms with van der Waals surface area (Å²) in [4.78, 5) is 14.1. The Morgan fingerprint density at radius 2 is 2.12 bits per heavy atom. The number of nitrogens with zero attached hydrogens (tertiary/aromatic N) is 2. The van der Waals surface area contributed by atoms with Gasteiger partial charge < -0.3 is 4.74 Å². The molecule has 0 amide bonds. The van der Waals surface area contributed by atoms with Gasteiger partial charge in [-0.1, -0.05) is 11.6 Å². The van der Waals surface area contributed by atoms with E-state index in [2.05, 4.69) is 4.98 Å². The standard InChI is InChI=1S/C10H11ClN2O3/c11-9-6-5-8(13(14)15)10(12-9)16-7-3-1-2-4-7/h5-7H,1-4H2. The topological polar surface area (TPSA) is 65.3 Å². The van der Waals surface area contributed by atoms with Gasteiger partial charge in [-0.25, -0.2) is 0 Å². The van der Waals surface area contributed by atoms with E-state index < -0.39 is 4.92 Å². The normalized spacial score (nSPS) is 16.3. The van der Waals surface area contributed by atoms with Crippen LogP contribution in [0.5, 0.6) is 5.88 Å². The molecule has 6 heteroatoms. The van der Waals surface area contributed by atoms with E-state index in [-0.39, 0.29) is 22.8 Å². The number of hydrogen-bond acceptors (Lipinski definition) is 4. The summed E-state index contributed by atoms with van der Waals surface area (Å²) >= 11 is 5.69. The lowest BCUT2D eigenvalue weighted by atomic mass is 10.3. The van der Waals surface area contributed by atoms with Gasteiger partial charge in [0.25, 0.3) is 5.88 Å². The number of aromatic nitrogens is 1. The van der Waals surface area contributed by atoms with Crippen LogP contribution in [0.25, 0.3) is 0 Å². The maximum Gasteiger partial charge on any atom is 0.331 e. The van der Waals surface area contributed by atoms with E-state index in [0.29, 0.717) is 0 Å². The van der Waals surface area contributed by atoms with E-state index in [4.69, 9.17) is 16.3 Å². The lowest BCUT2D eigenvalue weighted by Gasteiger charge is -2.11. The fraction of sp³-hybridized carbons (Fsp3) is 0.500. The van der Waals surface area contributed by atoms with Gasteiger partial charge in [-0.05, 0) is 31.7 Å². The van der Waals surface area contributed by atoms with Gasteiger partial charge in [0.2, 0.25) is 0 Å². The average Bonchev–Trinajstić information content (AvgIpc) is 2.70. The maximum atomic E-state index is 10.7. The van der Waals surface area contributed by atoms with Crippen molar-refractivity contribution < 1.29 is 9.66 Å². The van der Waals surface area contributed by atoms with Crippen LogP contribution in [-0.4, -0.2) is 16.0 Å². The van der Waals surface area contributed by atoms with Crippen LogP contribution in [0, 0.1) is 10.1 Å². The molecule has 1 aromatic heterocycles. The molecule has 1 aromatic rings. The van der Waals surface area contributed by atoms with Crippen LogP contribution >= 0.6 is 11.6 Å². The van der Waals surface area contributed by atoms with Crippen molar-refractivity contribution >= 4 is 17.3 Å². The van der Waals surface area contributed by atoms with Crippen LogP contribution in [0.2, 0.25) is 5.15 Å². The van der Waals surface area contributed by atoms with Crippen molar-refractivity contribution in [1.82, 2.24) is 4.98 Å². The molecule has 0 radical (unpaired) electrons. The molecule has 1 heterocycles. The highest BCUT2D eigenvalue weighted by atomic mass is 35.5. The van der Waals surface area contributed by atoms with Gasteiger partial charge in [0.1, 0.15) is 11.3 Å². The first-order valence-corrected chi connectivity index (χ1v) is 5.52. The second kappa shape index (κ2) is 4.65. The van der Waals surface area contributed by atoms with Gasteiger partial charge in [-0.2, -0.15) is 4.98 Å². The predicted octanol–water partition coefficient (Wildman–Crippen LogP) is 2.96. The summed E-state index contributed by atoms with van der Waals surface area (Å²) in [5.41, 5.74) is -0.128. The Balaban J connectivity index is 2.22. The Morgan fingerprint density at radius 3 is 2.75 bits per heavy atom. The van der Waals surface area contributed by atoms with Gasteiger partial charge in [-0.15, -0.1) is 0 Å². The molecule has 86 valence electrons. The van der Waals surface area contributed by atoms with Crippen molar-refractivity contribution in [2.45, 2.75) is 31.8 Å². The summed E-state index contributed by atoms with van der Waals surface area (Å²) in [5.74, 6) is 0.0319. The third-order valence-electron chi connectivity index (χ3n) is 2.58. The summed E-state index contributed by atoms with van der Waals surface area (Å²) in [6.07, 6.45) is 4.07. The third kappa shape index (κ3) is 2.41. The van der Waals surface area contributed by atoms with E-state index in [1.807, 2.05) is 0 Å². The zero-order valence-electron chi connectivity index (χ0n) is 8.56. The number of rotatable bonds is 3. The number of ether oxygens (including phenoxy) is 1. The van der Waals surface area contributed by atoms with Gasteiger partial charge in [0.15, 0.2) is 0 Å². The lowest BCUT2D eigenvalue weighted by molar-refractivity contribution is -0.386. The summed E-state index contributed by atoms with van der Waals surface area (Å²) in [5, 5.41) is 11.0.